The van der Waals surface area contributed by atoms with Crippen LogP contribution in [0, 0.1) is 5.92 Å². The number of sulfonamides is 1. The fraction of sp³-hybridized carbons (Fsp3) is 0.348. The van der Waals surface area contributed by atoms with Crippen molar-refractivity contribution in [1.29, 1.82) is 0 Å². The van der Waals surface area contributed by atoms with Gasteiger partial charge in [-0.05, 0) is 49.1 Å². The molecule has 1 aliphatic carbocycles. The third kappa shape index (κ3) is 5.29. The molecule has 1 aliphatic rings. The van der Waals surface area contributed by atoms with Crippen LogP contribution in [0.2, 0.25) is 0 Å². The van der Waals surface area contributed by atoms with E-state index in [0.717, 1.165) is 12.8 Å². The summed E-state index contributed by atoms with van der Waals surface area (Å²) >= 11 is 0. The van der Waals surface area contributed by atoms with E-state index >= 15 is 0 Å². The van der Waals surface area contributed by atoms with Crippen LogP contribution in [0.15, 0.2) is 65.6 Å². The van der Waals surface area contributed by atoms with Crippen molar-refractivity contribution in [3.63, 3.8) is 0 Å². The van der Waals surface area contributed by atoms with Gasteiger partial charge >= 0.3 is 0 Å². The predicted octanol–water partition coefficient (Wildman–Crippen LogP) is 4.80. The highest BCUT2D eigenvalue weighted by Crippen LogP contribution is 2.33. The lowest BCUT2D eigenvalue weighted by atomic mass is 10.1. The summed E-state index contributed by atoms with van der Waals surface area (Å²) in [6, 6.07) is 13.8. The van der Waals surface area contributed by atoms with Crippen LogP contribution in [0.1, 0.15) is 33.1 Å². The molecule has 2 aromatic carbocycles. The first kappa shape index (κ1) is 22.1. The minimum Gasteiger partial charge on any atom is -0.455 e. The van der Waals surface area contributed by atoms with Gasteiger partial charge in [-0.1, -0.05) is 44.2 Å². The Hall–Kier alpha value is -2.64. The third-order valence-electron chi connectivity index (χ3n) is 5.10. The highest BCUT2D eigenvalue weighted by molar-refractivity contribution is 7.89. The molecular weight excluding hydrogens is 400 g/mol. The minimum atomic E-state index is -3.66. The van der Waals surface area contributed by atoms with E-state index in [2.05, 4.69) is 17.5 Å². The minimum absolute atomic E-state index is 0.127. The SMILES string of the molecule is CCN(CC)S(=O)(=O)c1ccc(Oc2ccccc2)c(NC(=O)CC2C=CCC2)c1. The number of hydrogen-bond acceptors (Lipinski definition) is 4. The molecule has 0 radical (unpaired) electrons. The average Bonchev–Trinajstić information content (AvgIpc) is 3.23. The number of allylic oxidation sites excluding steroid dienone is 2. The van der Waals surface area contributed by atoms with Crippen molar-refractivity contribution in [3.05, 3.63) is 60.7 Å². The van der Waals surface area contributed by atoms with Crippen LogP contribution in [-0.4, -0.2) is 31.7 Å². The van der Waals surface area contributed by atoms with Crippen LogP contribution in [0.3, 0.4) is 0 Å². The van der Waals surface area contributed by atoms with Crippen LogP contribution in [0.4, 0.5) is 5.69 Å². The molecule has 30 heavy (non-hydrogen) atoms. The summed E-state index contributed by atoms with van der Waals surface area (Å²) in [6.07, 6.45) is 6.44. The smallest absolute Gasteiger partial charge is 0.243 e. The van der Waals surface area contributed by atoms with Crippen LogP contribution < -0.4 is 10.1 Å². The van der Waals surface area contributed by atoms with E-state index in [-0.39, 0.29) is 16.7 Å². The number of ether oxygens (including phenoxy) is 1. The van der Waals surface area contributed by atoms with Gasteiger partial charge in [0.25, 0.3) is 0 Å². The molecule has 3 rings (SSSR count). The fourth-order valence-corrected chi connectivity index (χ4v) is 4.97. The Kier molecular flexibility index (Phi) is 7.29. The summed E-state index contributed by atoms with van der Waals surface area (Å²) in [5.74, 6) is 1.05. The molecule has 0 fully saturated rings. The Balaban J connectivity index is 1.91. The monoisotopic (exact) mass is 428 g/mol. The second-order valence-corrected chi connectivity index (χ2v) is 9.12. The summed E-state index contributed by atoms with van der Waals surface area (Å²) < 4.78 is 33.2. The number of benzene rings is 2. The Morgan fingerprint density at radius 1 is 1.13 bits per heavy atom. The first-order valence-electron chi connectivity index (χ1n) is 10.3. The van der Waals surface area contributed by atoms with E-state index in [4.69, 9.17) is 4.74 Å². The van der Waals surface area contributed by atoms with Gasteiger partial charge in [0, 0.05) is 19.5 Å². The molecule has 2 aromatic rings. The first-order chi connectivity index (χ1) is 14.4. The van der Waals surface area contributed by atoms with Gasteiger partial charge in [0.1, 0.15) is 5.75 Å². The van der Waals surface area contributed by atoms with E-state index < -0.39 is 10.0 Å². The first-order valence-corrected chi connectivity index (χ1v) is 11.7. The topological polar surface area (TPSA) is 75.7 Å². The summed E-state index contributed by atoms with van der Waals surface area (Å²) in [6.45, 7) is 4.34. The van der Waals surface area contributed by atoms with Crippen LogP contribution in [0.5, 0.6) is 11.5 Å². The van der Waals surface area contributed by atoms with Gasteiger partial charge in [-0.3, -0.25) is 4.79 Å². The second-order valence-electron chi connectivity index (χ2n) is 7.18. The summed E-state index contributed by atoms with van der Waals surface area (Å²) in [5, 5.41) is 2.86. The molecule has 0 aromatic heterocycles. The standard InChI is InChI=1S/C23H28N2O4S/c1-3-25(4-2)30(27,28)20-14-15-22(29-19-12-6-5-7-13-19)21(17-20)24-23(26)16-18-10-8-9-11-18/h5-8,10,12-15,17-18H,3-4,9,11,16H2,1-2H3,(H,24,26). The number of nitrogens with one attached hydrogen (secondary N) is 1. The number of rotatable bonds is 9. The highest BCUT2D eigenvalue weighted by Gasteiger charge is 2.24. The molecule has 1 unspecified atom stereocenters. The number of anilines is 1. The molecule has 0 saturated carbocycles. The zero-order valence-corrected chi connectivity index (χ0v) is 18.2. The largest absolute Gasteiger partial charge is 0.455 e. The van der Waals surface area contributed by atoms with Gasteiger partial charge in [0.05, 0.1) is 10.6 Å². The number of amides is 1. The van der Waals surface area contributed by atoms with Crippen molar-refractivity contribution in [1.82, 2.24) is 4.31 Å². The number of hydrogen-bond donors (Lipinski definition) is 1. The molecule has 1 atom stereocenters. The summed E-state index contributed by atoms with van der Waals surface area (Å²) in [7, 11) is -3.66. The molecule has 0 aliphatic heterocycles. The van der Waals surface area contributed by atoms with Crippen LogP contribution in [-0.2, 0) is 14.8 Å². The van der Waals surface area contributed by atoms with Gasteiger partial charge in [0.2, 0.25) is 15.9 Å². The molecule has 0 spiro atoms. The van der Waals surface area contributed by atoms with Gasteiger partial charge in [0.15, 0.2) is 5.75 Å². The maximum atomic E-state index is 12.9. The van der Waals surface area contributed by atoms with Crippen molar-refractivity contribution in [2.24, 2.45) is 5.92 Å². The molecular formula is C23H28N2O4S. The second kappa shape index (κ2) is 9.91. The fourth-order valence-electron chi connectivity index (χ4n) is 3.49. The van der Waals surface area contributed by atoms with Crippen molar-refractivity contribution < 1.29 is 17.9 Å². The lowest BCUT2D eigenvalue weighted by Gasteiger charge is -2.20. The zero-order valence-electron chi connectivity index (χ0n) is 17.4. The molecule has 7 heteroatoms. The van der Waals surface area contributed by atoms with Gasteiger partial charge in [-0.15, -0.1) is 0 Å². The van der Waals surface area contributed by atoms with Crippen LogP contribution >= 0.6 is 0 Å². The molecule has 0 bridgehead atoms. The van der Waals surface area contributed by atoms with Crippen molar-refractivity contribution in [3.8, 4) is 11.5 Å². The van der Waals surface area contributed by atoms with Crippen molar-refractivity contribution >= 4 is 21.6 Å². The third-order valence-corrected chi connectivity index (χ3v) is 7.15. The lowest BCUT2D eigenvalue weighted by molar-refractivity contribution is -0.116. The van der Waals surface area contributed by atoms with Gasteiger partial charge < -0.3 is 10.1 Å². The van der Waals surface area contributed by atoms with Crippen molar-refractivity contribution in [2.75, 3.05) is 18.4 Å². The molecule has 0 saturated heterocycles. The number of para-hydroxylation sites is 1. The Morgan fingerprint density at radius 2 is 1.87 bits per heavy atom. The maximum absolute atomic E-state index is 12.9. The number of carbonyl (C=O) groups excluding carboxylic acids is 1. The van der Waals surface area contributed by atoms with Crippen molar-refractivity contribution in [2.45, 2.75) is 38.0 Å². The average molecular weight is 429 g/mol. The molecule has 6 nitrogen and oxygen atoms in total. The predicted molar refractivity (Wildman–Crippen MR) is 118 cm³/mol. The van der Waals surface area contributed by atoms with Gasteiger partial charge in [-0.25, -0.2) is 8.42 Å². The Bertz CT molecular complexity index is 999. The van der Waals surface area contributed by atoms with E-state index in [1.807, 2.05) is 18.2 Å². The van der Waals surface area contributed by atoms with E-state index in [1.54, 1.807) is 32.0 Å². The summed E-state index contributed by atoms with van der Waals surface area (Å²) in [4.78, 5) is 12.7. The van der Waals surface area contributed by atoms with E-state index in [9.17, 15) is 13.2 Å². The maximum Gasteiger partial charge on any atom is 0.243 e. The number of carbonyl (C=O) groups is 1. The number of nitrogens with zero attached hydrogens (tertiary/aromatic N) is 1. The Labute approximate surface area is 178 Å². The van der Waals surface area contributed by atoms with Gasteiger partial charge in [-0.2, -0.15) is 4.31 Å². The zero-order chi connectivity index (χ0) is 21.6. The molecule has 1 amide bonds. The summed E-state index contributed by atoms with van der Waals surface area (Å²) in [5.41, 5.74) is 0.346. The molecule has 1 N–H and O–H groups in total. The van der Waals surface area contributed by atoms with Crippen LogP contribution in [0.25, 0.3) is 0 Å². The quantitative estimate of drug-likeness (QED) is 0.582. The Morgan fingerprint density at radius 3 is 2.50 bits per heavy atom. The molecule has 0 heterocycles. The van der Waals surface area contributed by atoms with E-state index in [1.165, 1.54) is 16.4 Å². The normalized spacial score (nSPS) is 16.0. The molecule has 160 valence electrons. The van der Waals surface area contributed by atoms with E-state index in [0.29, 0.717) is 36.7 Å². The highest BCUT2D eigenvalue weighted by atomic mass is 32.2. The lowest BCUT2D eigenvalue weighted by Crippen LogP contribution is -2.30.